The lowest BCUT2D eigenvalue weighted by atomic mass is 9.95. The number of anilines is 1. The molecule has 1 saturated heterocycles. The van der Waals surface area contributed by atoms with Gasteiger partial charge in [0.05, 0.1) is 18.2 Å². The Morgan fingerprint density at radius 1 is 1.09 bits per heavy atom. The smallest absolute Gasteiger partial charge is 0.295 e. The lowest BCUT2D eigenvalue weighted by Gasteiger charge is -2.26. The van der Waals surface area contributed by atoms with Gasteiger partial charge >= 0.3 is 0 Å². The van der Waals surface area contributed by atoms with E-state index in [1.165, 1.54) is 4.90 Å². The molecule has 1 fully saturated rings. The quantitative estimate of drug-likeness (QED) is 0.254. The highest BCUT2D eigenvalue weighted by Gasteiger charge is 2.45. The van der Waals surface area contributed by atoms with E-state index in [1.54, 1.807) is 31.4 Å². The van der Waals surface area contributed by atoms with Crippen LogP contribution in [-0.4, -0.2) is 62.7 Å². The molecule has 1 amide bonds. The number of Topliss-reactive ketones (excluding diaryl/α,β-unsaturated/α-hetero) is 1. The van der Waals surface area contributed by atoms with Crippen LogP contribution < -0.4 is 9.64 Å². The van der Waals surface area contributed by atoms with Gasteiger partial charge in [0.25, 0.3) is 11.7 Å². The second kappa shape index (κ2) is 11.0. The molecule has 2 aromatic rings. The fourth-order valence-corrected chi connectivity index (χ4v) is 3.90. The SMILES string of the molecule is CCCOc1cccc(/C(O)=C2\C(=O)C(=O)N(CCCOC)C2c2ccc(N(C)C)cc2)c1. The molecule has 1 heterocycles. The molecule has 7 heteroatoms. The van der Waals surface area contributed by atoms with E-state index in [0.29, 0.717) is 37.5 Å². The molecule has 2 aromatic carbocycles. The van der Waals surface area contributed by atoms with Crippen LogP contribution in [0.15, 0.2) is 54.1 Å². The first-order chi connectivity index (χ1) is 15.9. The fourth-order valence-electron chi connectivity index (χ4n) is 3.90. The van der Waals surface area contributed by atoms with Crippen molar-refractivity contribution in [3.63, 3.8) is 0 Å². The molecular weight excluding hydrogens is 420 g/mol. The second-order valence-corrected chi connectivity index (χ2v) is 8.20. The lowest BCUT2D eigenvalue weighted by Crippen LogP contribution is -2.31. The van der Waals surface area contributed by atoms with Gasteiger partial charge in [-0.1, -0.05) is 31.2 Å². The second-order valence-electron chi connectivity index (χ2n) is 8.20. The first-order valence-electron chi connectivity index (χ1n) is 11.2. The number of ether oxygens (including phenoxy) is 2. The number of methoxy groups -OCH3 is 1. The number of nitrogens with zero attached hydrogens (tertiary/aromatic N) is 2. The third-order valence-corrected chi connectivity index (χ3v) is 5.59. The number of aliphatic hydroxyl groups excluding tert-OH is 1. The molecule has 176 valence electrons. The Bertz CT molecular complexity index is 1010. The van der Waals surface area contributed by atoms with E-state index in [2.05, 4.69) is 0 Å². The molecule has 7 nitrogen and oxygen atoms in total. The number of rotatable bonds is 10. The summed E-state index contributed by atoms with van der Waals surface area (Å²) in [7, 11) is 5.48. The molecule has 0 aliphatic carbocycles. The van der Waals surface area contributed by atoms with Crippen LogP contribution in [0.5, 0.6) is 5.75 Å². The van der Waals surface area contributed by atoms with Crippen molar-refractivity contribution in [2.45, 2.75) is 25.8 Å². The first-order valence-corrected chi connectivity index (χ1v) is 11.2. The van der Waals surface area contributed by atoms with Crippen molar-refractivity contribution in [2.24, 2.45) is 0 Å². The lowest BCUT2D eigenvalue weighted by molar-refractivity contribution is -0.140. The van der Waals surface area contributed by atoms with Crippen LogP contribution in [0, 0.1) is 0 Å². The number of likely N-dealkylation sites (tertiary alicyclic amines) is 1. The summed E-state index contributed by atoms with van der Waals surface area (Å²) in [5.41, 5.74) is 2.28. The summed E-state index contributed by atoms with van der Waals surface area (Å²) in [6.45, 7) is 3.36. The number of amides is 1. The van der Waals surface area contributed by atoms with E-state index in [9.17, 15) is 14.7 Å². The predicted octanol–water partition coefficient (Wildman–Crippen LogP) is 4.00. The van der Waals surface area contributed by atoms with E-state index in [1.807, 2.05) is 50.2 Å². The standard InChI is InChI=1S/C26H32N2O5/c1-5-15-33-21-9-6-8-19(17-21)24(29)22-23(18-10-12-20(13-11-18)27(2)3)28(14-7-16-32-4)26(31)25(22)30/h6,8-13,17,23,29H,5,7,14-16H2,1-4H3/b24-22+. The minimum absolute atomic E-state index is 0.0858. The molecule has 0 aromatic heterocycles. The number of carbonyl (C=O) groups is 2. The maximum absolute atomic E-state index is 13.1. The molecule has 0 spiro atoms. The summed E-state index contributed by atoms with van der Waals surface area (Å²) >= 11 is 0. The maximum Gasteiger partial charge on any atom is 0.295 e. The molecule has 0 radical (unpaired) electrons. The van der Waals surface area contributed by atoms with Crippen molar-refractivity contribution in [1.29, 1.82) is 0 Å². The van der Waals surface area contributed by atoms with Crippen molar-refractivity contribution in [3.8, 4) is 5.75 Å². The van der Waals surface area contributed by atoms with Gasteiger partial charge in [-0.2, -0.15) is 0 Å². The van der Waals surface area contributed by atoms with Gasteiger partial charge in [0.15, 0.2) is 0 Å². The summed E-state index contributed by atoms with van der Waals surface area (Å²) in [5, 5.41) is 11.2. The normalized spacial score (nSPS) is 17.5. The van der Waals surface area contributed by atoms with Gasteiger partial charge < -0.3 is 24.4 Å². The van der Waals surface area contributed by atoms with E-state index in [-0.39, 0.29) is 11.3 Å². The topological polar surface area (TPSA) is 79.3 Å². The Morgan fingerprint density at radius 3 is 2.45 bits per heavy atom. The average molecular weight is 453 g/mol. The Labute approximate surface area is 195 Å². The molecule has 1 atom stereocenters. The Balaban J connectivity index is 2.08. The van der Waals surface area contributed by atoms with Gasteiger partial charge in [-0.25, -0.2) is 0 Å². The van der Waals surface area contributed by atoms with E-state index in [0.717, 1.165) is 17.7 Å². The van der Waals surface area contributed by atoms with Crippen LogP contribution in [0.1, 0.15) is 36.9 Å². The van der Waals surface area contributed by atoms with E-state index >= 15 is 0 Å². The highest BCUT2D eigenvalue weighted by molar-refractivity contribution is 6.46. The number of aliphatic hydroxyl groups is 1. The van der Waals surface area contributed by atoms with Gasteiger partial charge in [-0.15, -0.1) is 0 Å². The number of carbonyl (C=O) groups excluding carboxylic acids is 2. The summed E-state index contributed by atoms with van der Waals surface area (Å²) in [6, 6.07) is 13.9. The molecule has 1 N–H and O–H groups in total. The number of ketones is 1. The molecule has 3 rings (SSSR count). The fraction of sp³-hybridized carbons (Fsp3) is 0.385. The summed E-state index contributed by atoms with van der Waals surface area (Å²) in [5.74, 6) is -0.910. The Hall–Kier alpha value is -3.32. The Kier molecular flexibility index (Phi) is 8.11. The highest BCUT2D eigenvalue weighted by Crippen LogP contribution is 2.40. The number of hydrogen-bond acceptors (Lipinski definition) is 6. The number of benzene rings is 2. The minimum Gasteiger partial charge on any atom is -0.507 e. The molecule has 0 bridgehead atoms. The maximum atomic E-state index is 13.1. The van der Waals surface area contributed by atoms with Crippen LogP contribution >= 0.6 is 0 Å². The highest BCUT2D eigenvalue weighted by atomic mass is 16.5. The molecule has 1 unspecified atom stereocenters. The summed E-state index contributed by atoms with van der Waals surface area (Å²) < 4.78 is 10.8. The third-order valence-electron chi connectivity index (χ3n) is 5.59. The van der Waals surface area contributed by atoms with Crippen molar-refractivity contribution in [2.75, 3.05) is 45.9 Å². The monoisotopic (exact) mass is 452 g/mol. The molecule has 0 saturated carbocycles. The van der Waals surface area contributed by atoms with E-state index < -0.39 is 17.7 Å². The van der Waals surface area contributed by atoms with Crippen LogP contribution in [0.4, 0.5) is 5.69 Å². The van der Waals surface area contributed by atoms with Gasteiger partial charge in [-0.05, 0) is 42.7 Å². The average Bonchev–Trinajstić information content (AvgIpc) is 3.07. The molecular formula is C26H32N2O5. The minimum atomic E-state index is -0.688. The van der Waals surface area contributed by atoms with Crippen LogP contribution in [0.3, 0.4) is 0 Å². The van der Waals surface area contributed by atoms with Crippen molar-refractivity contribution in [3.05, 3.63) is 65.2 Å². The largest absolute Gasteiger partial charge is 0.507 e. The van der Waals surface area contributed by atoms with Gasteiger partial charge in [-0.3, -0.25) is 9.59 Å². The summed E-state index contributed by atoms with van der Waals surface area (Å²) in [6.07, 6.45) is 1.43. The van der Waals surface area contributed by atoms with Crippen LogP contribution in [0.2, 0.25) is 0 Å². The van der Waals surface area contributed by atoms with Crippen molar-refractivity contribution < 1.29 is 24.2 Å². The van der Waals surface area contributed by atoms with Gasteiger partial charge in [0.2, 0.25) is 0 Å². The summed E-state index contributed by atoms with van der Waals surface area (Å²) in [4.78, 5) is 29.6. The van der Waals surface area contributed by atoms with Crippen molar-refractivity contribution in [1.82, 2.24) is 4.90 Å². The van der Waals surface area contributed by atoms with Gasteiger partial charge in [0, 0.05) is 45.6 Å². The molecule has 1 aliphatic rings. The van der Waals surface area contributed by atoms with E-state index in [4.69, 9.17) is 9.47 Å². The third kappa shape index (κ3) is 5.37. The molecule has 1 aliphatic heterocycles. The number of hydrogen-bond donors (Lipinski definition) is 1. The van der Waals surface area contributed by atoms with Crippen LogP contribution in [0.25, 0.3) is 5.76 Å². The van der Waals surface area contributed by atoms with Crippen LogP contribution in [-0.2, 0) is 14.3 Å². The first kappa shape index (κ1) is 24.3. The Morgan fingerprint density at radius 2 is 1.82 bits per heavy atom. The zero-order chi connectivity index (χ0) is 24.0. The van der Waals surface area contributed by atoms with Crippen molar-refractivity contribution >= 4 is 23.1 Å². The van der Waals surface area contributed by atoms with Gasteiger partial charge in [0.1, 0.15) is 11.5 Å². The molecule has 33 heavy (non-hydrogen) atoms. The predicted molar refractivity (Wildman–Crippen MR) is 128 cm³/mol. The zero-order valence-electron chi connectivity index (χ0n) is 19.7. The zero-order valence-corrected chi connectivity index (χ0v) is 19.7.